The van der Waals surface area contributed by atoms with Crippen molar-refractivity contribution in [2.45, 2.75) is 25.4 Å². The fourth-order valence-electron chi connectivity index (χ4n) is 2.98. The first kappa shape index (κ1) is 22.4. The van der Waals surface area contributed by atoms with Crippen molar-refractivity contribution in [3.63, 3.8) is 0 Å². The number of aliphatic imine (C=N–C) groups is 1. The van der Waals surface area contributed by atoms with E-state index in [4.69, 9.17) is 4.74 Å². The molecule has 1 unspecified atom stereocenters. The number of carbonyl (C=O) groups excluding carboxylic acids is 1. The Bertz CT molecular complexity index is 556. The number of amides is 1. The van der Waals surface area contributed by atoms with Gasteiger partial charge in [-0.3, -0.25) is 9.79 Å². The number of halogens is 1. The molecule has 1 amide bonds. The average Bonchev–Trinajstić information content (AvgIpc) is 3.08. The molecule has 0 radical (unpaired) electrons. The molecule has 2 rings (SSSR count). The lowest BCUT2D eigenvalue weighted by Crippen LogP contribution is -2.55. The SMILES string of the molecule is CN=C(NCCCS(C)(=O)=O)N1CCN(C(=O)C2CCCO2)CC1.I. The molecular weight excluding hydrogens is 459 g/mol. The van der Waals surface area contributed by atoms with Gasteiger partial charge >= 0.3 is 0 Å². The van der Waals surface area contributed by atoms with Gasteiger partial charge in [-0.2, -0.15) is 0 Å². The van der Waals surface area contributed by atoms with Crippen LogP contribution in [0.4, 0.5) is 0 Å². The molecule has 1 atom stereocenters. The number of hydrogen-bond donors (Lipinski definition) is 1. The van der Waals surface area contributed by atoms with Crippen molar-refractivity contribution in [2.75, 3.05) is 58.4 Å². The monoisotopic (exact) mass is 488 g/mol. The first-order chi connectivity index (χ1) is 11.4. The molecule has 0 aromatic heterocycles. The van der Waals surface area contributed by atoms with Crippen LogP contribution in [0.25, 0.3) is 0 Å². The van der Waals surface area contributed by atoms with E-state index < -0.39 is 9.84 Å². The number of ether oxygens (including phenoxy) is 1. The van der Waals surface area contributed by atoms with Crippen LogP contribution in [-0.2, 0) is 19.4 Å². The van der Waals surface area contributed by atoms with E-state index in [1.807, 2.05) is 4.90 Å². The Morgan fingerprint density at radius 1 is 1.24 bits per heavy atom. The maximum Gasteiger partial charge on any atom is 0.251 e. The summed E-state index contributed by atoms with van der Waals surface area (Å²) in [6.07, 6.45) is 3.31. The first-order valence-corrected chi connectivity index (χ1v) is 10.5. The van der Waals surface area contributed by atoms with E-state index >= 15 is 0 Å². The third kappa shape index (κ3) is 7.26. The molecule has 0 aliphatic carbocycles. The quantitative estimate of drug-likeness (QED) is 0.252. The maximum absolute atomic E-state index is 12.3. The van der Waals surface area contributed by atoms with Crippen LogP contribution in [0, 0.1) is 0 Å². The van der Waals surface area contributed by atoms with Crippen molar-refractivity contribution in [3.8, 4) is 0 Å². The third-order valence-corrected chi connectivity index (χ3v) is 5.31. The standard InChI is InChI=1S/C15H28N4O4S.HI/c1-16-15(17-6-4-12-24(2,21)22)19-9-7-18(8-10-19)14(20)13-5-3-11-23-13;/h13H,3-12H2,1-2H3,(H,16,17);1H. The van der Waals surface area contributed by atoms with Crippen LogP contribution >= 0.6 is 24.0 Å². The molecule has 2 aliphatic rings. The van der Waals surface area contributed by atoms with Gasteiger partial charge in [0.15, 0.2) is 5.96 Å². The lowest BCUT2D eigenvalue weighted by molar-refractivity contribution is -0.142. The normalized spacial score (nSPS) is 21.8. The summed E-state index contributed by atoms with van der Waals surface area (Å²) in [6.45, 7) is 3.98. The van der Waals surface area contributed by atoms with E-state index in [9.17, 15) is 13.2 Å². The predicted octanol–water partition coefficient (Wildman–Crippen LogP) is -0.0623. The molecule has 2 heterocycles. The van der Waals surface area contributed by atoms with Crippen LogP contribution in [0.15, 0.2) is 4.99 Å². The zero-order valence-corrected chi connectivity index (χ0v) is 18.1. The summed E-state index contributed by atoms with van der Waals surface area (Å²) in [7, 11) is -1.22. The van der Waals surface area contributed by atoms with Crippen molar-refractivity contribution in [3.05, 3.63) is 0 Å². The van der Waals surface area contributed by atoms with E-state index in [1.165, 1.54) is 6.26 Å². The zero-order chi connectivity index (χ0) is 17.6. The summed E-state index contributed by atoms with van der Waals surface area (Å²) in [5, 5.41) is 3.19. The summed E-state index contributed by atoms with van der Waals surface area (Å²) in [4.78, 5) is 20.5. The number of sulfone groups is 1. The highest BCUT2D eigenvalue weighted by Crippen LogP contribution is 2.16. The molecular formula is C15H29IN4O4S. The highest BCUT2D eigenvalue weighted by Gasteiger charge is 2.30. The van der Waals surface area contributed by atoms with Gasteiger partial charge < -0.3 is 19.9 Å². The lowest BCUT2D eigenvalue weighted by atomic mass is 10.2. The summed E-state index contributed by atoms with van der Waals surface area (Å²) >= 11 is 0. The van der Waals surface area contributed by atoms with Gasteiger partial charge in [-0.25, -0.2) is 8.42 Å². The molecule has 2 fully saturated rings. The second-order valence-electron chi connectivity index (χ2n) is 6.27. The van der Waals surface area contributed by atoms with Gasteiger partial charge in [0.25, 0.3) is 5.91 Å². The Balaban J connectivity index is 0.00000312. The van der Waals surface area contributed by atoms with Gasteiger partial charge in [-0.05, 0) is 19.3 Å². The fourth-order valence-corrected chi connectivity index (χ4v) is 3.65. The van der Waals surface area contributed by atoms with Gasteiger partial charge in [0.2, 0.25) is 0 Å². The molecule has 10 heteroatoms. The van der Waals surface area contributed by atoms with Gasteiger partial charge in [0.05, 0.1) is 5.75 Å². The topological polar surface area (TPSA) is 91.3 Å². The van der Waals surface area contributed by atoms with Crippen molar-refractivity contribution >= 4 is 45.7 Å². The van der Waals surface area contributed by atoms with Gasteiger partial charge in [-0.15, -0.1) is 24.0 Å². The van der Waals surface area contributed by atoms with Gasteiger partial charge in [-0.1, -0.05) is 0 Å². The van der Waals surface area contributed by atoms with Crippen molar-refractivity contribution in [2.24, 2.45) is 4.99 Å². The molecule has 0 aromatic rings. The van der Waals surface area contributed by atoms with E-state index in [0.29, 0.717) is 45.8 Å². The Labute approximate surface area is 167 Å². The number of guanidine groups is 1. The van der Waals surface area contributed by atoms with Crippen molar-refractivity contribution in [1.82, 2.24) is 15.1 Å². The third-order valence-electron chi connectivity index (χ3n) is 4.28. The summed E-state index contributed by atoms with van der Waals surface area (Å²) in [5.41, 5.74) is 0. The summed E-state index contributed by atoms with van der Waals surface area (Å²) in [5.74, 6) is 1.02. The molecule has 2 saturated heterocycles. The number of nitrogens with zero attached hydrogens (tertiary/aromatic N) is 3. The number of nitrogens with one attached hydrogen (secondary N) is 1. The molecule has 2 aliphatic heterocycles. The van der Waals surface area contributed by atoms with Gasteiger partial charge in [0.1, 0.15) is 15.9 Å². The minimum atomic E-state index is -2.93. The number of piperazine rings is 1. The highest BCUT2D eigenvalue weighted by molar-refractivity contribution is 14.0. The molecule has 0 bridgehead atoms. The van der Waals surface area contributed by atoms with E-state index in [-0.39, 0.29) is 41.7 Å². The molecule has 0 spiro atoms. The second kappa shape index (κ2) is 10.5. The van der Waals surface area contributed by atoms with Crippen LogP contribution in [0.2, 0.25) is 0 Å². The largest absolute Gasteiger partial charge is 0.368 e. The minimum absolute atomic E-state index is 0. The van der Waals surface area contributed by atoms with Crippen molar-refractivity contribution < 1.29 is 17.9 Å². The van der Waals surface area contributed by atoms with E-state index in [0.717, 1.165) is 18.8 Å². The Morgan fingerprint density at radius 2 is 1.88 bits per heavy atom. The Hall–Kier alpha value is -0.620. The minimum Gasteiger partial charge on any atom is -0.368 e. The zero-order valence-electron chi connectivity index (χ0n) is 14.9. The molecule has 146 valence electrons. The van der Waals surface area contributed by atoms with Crippen LogP contribution in [0.3, 0.4) is 0 Å². The molecule has 1 N–H and O–H groups in total. The van der Waals surface area contributed by atoms with Crippen LogP contribution in [0.5, 0.6) is 0 Å². The molecule has 0 saturated carbocycles. The summed E-state index contributed by atoms with van der Waals surface area (Å²) < 4.78 is 27.7. The predicted molar refractivity (Wildman–Crippen MR) is 108 cm³/mol. The highest BCUT2D eigenvalue weighted by atomic mass is 127. The number of hydrogen-bond acceptors (Lipinski definition) is 5. The van der Waals surface area contributed by atoms with Crippen molar-refractivity contribution in [1.29, 1.82) is 0 Å². The second-order valence-corrected chi connectivity index (χ2v) is 8.53. The number of carbonyl (C=O) groups is 1. The first-order valence-electron chi connectivity index (χ1n) is 8.44. The number of rotatable bonds is 5. The average molecular weight is 488 g/mol. The fraction of sp³-hybridized carbons (Fsp3) is 0.867. The van der Waals surface area contributed by atoms with Crippen LogP contribution in [-0.4, -0.2) is 94.6 Å². The van der Waals surface area contributed by atoms with Crippen LogP contribution < -0.4 is 5.32 Å². The lowest BCUT2D eigenvalue weighted by Gasteiger charge is -2.37. The molecule has 25 heavy (non-hydrogen) atoms. The molecule has 8 nitrogen and oxygen atoms in total. The Morgan fingerprint density at radius 3 is 2.40 bits per heavy atom. The maximum atomic E-state index is 12.3. The molecule has 0 aromatic carbocycles. The summed E-state index contributed by atoms with van der Waals surface area (Å²) in [6, 6.07) is 0. The van der Waals surface area contributed by atoms with E-state index in [1.54, 1.807) is 7.05 Å². The Kier molecular flexibility index (Phi) is 9.43. The van der Waals surface area contributed by atoms with Gasteiger partial charge in [0, 0.05) is 52.6 Å². The van der Waals surface area contributed by atoms with E-state index in [2.05, 4.69) is 15.2 Å². The van der Waals surface area contributed by atoms with Crippen LogP contribution in [0.1, 0.15) is 19.3 Å². The smallest absolute Gasteiger partial charge is 0.251 e.